The molecule has 0 bridgehead atoms. The first-order chi connectivity index (χ1) is 13.5. The summed E-state index contributed by atoms with van der Waals surface area (Å²) in [6, 6.07) is 7.99. The highest BCUT2D eigenvalue weighted by molar-refractivity contribution is 7.98. The van der Waals surface area contributed by atoms with Gasteiger partial charge >= 0.3 is 0 Å². The topological polar surface area (TPSA) is 53.4 Å². The summed E-state index contributed by atoms with van der Waals surface area (Å²) in [5.41, 5.74) is 2.23. The van der Waals surface area contributed by atoms with Gasteiger partial charge in [-0.15, -0.1) is 11.3 Å². The Bertz CT molecular complexity index is 1010. The highest BCUT2D eigenvalue weighted by Gasteiger charge is 2.17. The second-order valence-corrected chi connectivity index (χ2v) is 8.65. The number of thiophene rings is 1. The Hall–Kier alpha value is -1.83. The summed E-state index contributed by atoms with van der Waals surface area (Å²) < 4.78 is 12.6. The lowest BCUT2D eigenvalue weighted by atomic mass is 10.2. The van der Waals surface area contributed by atoms with Gasteiger partial charge in [0.15, 0.2) is 5.16 Å². The first kappa shape index (κ1) is 20.9. The molecule has 7 heteroatoms. The van der Waals surface area contributed by atoms with Gasteiger partial charge in [0, 0.05) is 30.4 Å². The summed E-state index contributed by atoms with van der Waals surface area (Å²) >= 11 is 3.18. The molecule has 0 saturated heterocycles. The van der Waals surface area contributed by atoms with Crippen molar-refractivity contribution in [3.63, 3.8) is 0 Å². The molecule has 28 heavy (non-hydrogen) atoms. The summed E-state index contributed by atoms with van der Waals surface area (Å²) in [5, 5.41) is 1.52. The number of ether oxygens (including phenoxy) is 2. The number of methoxy groups -OCH3 is 1. The molecule has 0 radical (unpaired) electrons. The Labute approximate surface area is 173 Å². The van der Waals surface area contributed by atoms with Gasteiger partial charge in [-0.05, 0) is 50.5 Å². The molecule has 0 aliphatic heterocycles. The summed E-state index contributed by atoms with van der Waals surface area (Å²) in [5.74, 6) is 1.56. The van der Waals surface area contributed by atoms with Gasteiger partial charge in [0.1, 0.15) is 10.6 Å². The predicted molar refractivity (Wildman–Crippen MR) is 117 cm³/mol. The van der Waals surface area contributed by atoms with E-state index < -0.39 is 0 Å². The van der Waals surface area contributed by atoms with Crippen LogP contribution in [0.2, 0.25) is 0 Å². The van der Waals surface area contributed by atoms with E-state index in [-0.39, 0.29) is 5.56 Å². The normalized spacial score (nSPS) is 11.3. The minimum atomic E-state index is 0.0523. The zero-order chi connectivity index (χ0) is 20.1. The van der Waals surface area contributed by atoms with Crippen LogP contribution in [-0.4, -0.2) is 29.9 Å². The summed E-state index contributed by atoms with van der Waals surface area (Å²) in [4.78, 5) is 20.0. The third kappa shape index (κ3) is 4.59. The van der Waals surface area contributed by atoms with Gasteiger partial charge in [-0.3, -0.25) is 9.36 Å². The molecule has 3 rings (SSSR count). The zero-order valence-electron chi connectivity index (χ0n) is 16.8. The lowest BCUT2D eigenvalue weighted by Gasteiger charge is -2.12. The van der Waals surface area contributed by atoms with Gasteiger partial charge in [0.25, 0.3) is 5.56 Å². The van der Waals surface area contributed by atoms with Crippen LogP contribution in [0.15, 0.2) is 34.2 Å². The molecule has 0 spiro atoms. The maximum atomic E-state index is 13.2. The van der Waals surface area contributed by atoms with Crippen molar-refractivity contribution in [2.45, 2.75) is 44.6 Å². The van der Waals surface area contributed by atoms with Gasteiger partial charge in [-0.1, -0.05) is 23.9 Å². The van der Waals surface area contributed by atoms with Gasteiger partial charge in [-0.25, -0.2) is 4.98 Å². The minimum absolute atomic E-state index is 0.0523. The Morgan fingerprint density at radius 3 is 2.86 bits per heavy atom. The number of nitrogens with zero attached hydrogens (tertiary/aromatic N) is 2. The van der Waals surface area contributed by atoms with Crippen molar-refractivity contribution in [3.8, 4) is 5.75 Å². The number of benzene rings is 1. The SMILES string of the molecule is CCOCCCn1c(SCc2cccc(OC)c2)nc2sc(C)c(C)c2c1=O. The van der Waals surface area contributed by atoms with Crippen molar-refractivity contribution < 1.29 is 9.47 Å². The molecule has 0 aliphatic carbocycles. The fraction of sp³-hybridized carbons (Fsp3) is 0.429. The maximum Gasteiger partial charge on any atom is 0.263 e. The van der Waals surface area contributed by atoms with E-state index in [2.05, 4.69) is 6.07 Å². The van der Waals surface area contributed by atoms with E-state index in [0.717, 1.165) is 49.3 Å². The number of rotatable bonds is 9. The van der Waals surface area contributed by atoms with Crippen LogP contribution >= 0.6 is 23.1 Å². The first-order valence-corrected chi connectivity index (χ1v) is 11.2. The maximum absolute atomic E-state index is 13.2. The van der Waals surface area contributed by atoms with Crippen molar-refractivity contribution >= 4 is 33.3 Å². The van der Waals surface area contributed by atoms with Crippen LogP contribution in [0.25, 0.3) is 10.2 Å². The van der Waals surface area contributed by atoms with Gasteiger partial charge in [0.05, 0.1) is 12.5 Å². The monoisotopic (exact) mass is 418 g/mol. The Balaban J connectivity index is 1.92. The van der Waals surface area contributed by atoms with Crippen LogP contribution in [0.4, 0.5) is 0 Å². The lowest BCUT2D eigenvalue weighted by Crippen LogP contribution is -2.24. The third-order valence-electron chi connectivity index (χ3n) is 4.63. The average molecular weight is 419 g/mol. The molecule has 0 amide bonds. The summed E-state index contributed by atoms with van der Waals surface area (Å²) in [6.07, 6.45) is 0.788. The van der Waals surface area contributed by atoms with Crippen LogP contribution in [-0.2, 0) is 17.0 Å². The van der Waals surface area contributed by atoms with E-state index in [1.165, 1.54) is 0 Å². The Morgan fingerprint density at radius 1 is 1.29 bits per heavy atom. The molecule has 5 nitrogen and oxygen atoms in total. The predicted octanol–water partition coefficient (Wildman–Crippen LogP) is 4.80. The lowest BCUT2D eigenvalue weighted by molar-refractivity contribution is 0.140. The van der Waals surface area contributed by atoms with Crippen LogP contribution in [0, 0.1) is 13.8 Å². The molecule has 2 heterocycles. The number of aryl methyl sites for hydroxylation is 2. The number of hydrogen-bond acceptors (Lipinski definition) is 6. The fourth-order valence-electron chi connectivity index (χ4n) is 3.00. The van der Waals surface area contributed by atoms with Crippen LogP contribution < -0.4 is 10.3 Å². The van der Waals surface area contributed by atoms with Crippen molar-refractivity contribution in [1.82, 2.24) is 9.55 Å². The highest BCUT2D eigenvalue weighted by Crippen LogP contribution is 2.30. The quantitative estimate of drug-likeness (QED) is 0.284. The van der Waals surface area contributed by atoms with Crippen molar-refractivity contribution in [3.05, 3.63) is 50.6 Å². The molecular weight excluding hydrogens is 392 g/mol. The smallest absolute Gasteiger partial charge is 0.263 e. The average Bonchev–Trinajstić information content (AvgIpc) is 2.99. The van der Waals surface area contributed by atoms with Gasteiger partial charge in [-0.2, -0.15) is 0 Å². The van der Waals surface area contributed by atoms with Crippen molar-refractivity contribution in [2.75, 3.05) is 20.3 Å². The van der Waals surface area contributed by atoms with Gasteiger partial charge < -0.3 is 9.47 Å². The Morgan fingerprint density at radius 2 is 2.11 bits per heavy atom. The van der Waals surface area contributed by atoms with E-state index in [1.54, 1.807) is 30.2 Å². The molecular formula is C21H26N2O3S2. The van der Waals surface area contributed by atoms with E-state index in [9.17, 15) is 4.79 Å². The second kappa shape index (κ2) is 9.58. The molecule has 0 N–H and O–H groups in total. The van der Waals surface area contributed by atoms with Crippen LogP contribution in [0.1, 0.15) is 29.3 Å². The zero-order valence-corrected chi connectivity index (χ0v) is 18.4. The number of fused-ring (bicyclic) bond motifs is 1. The molecule has 2 aromatic heterocycles. The van der Waals surface area contributed by atoms with Crippen LogP contribution in [0.3, 0.4) is 0 Å². The Kier molecular flexibility index (Phi) is 7.15. The molecule has 1 aromatic carbocycles. The molecule has 0 unspecified atom stereocenters. The second-order valence-electron chi connectivity index (χ2n) is 6.51. The fourth-order valence-corrected chi connectivity index (χ4v) is 5.03. The first-order valence-electron chi connectivity index (χ1n) is 9.39. The molecule has 0 aliphatic rings. The molecule has 0 atom stereocenters. The molecule has 0 saturated carbocycles. The largest absolute Gasteiger partial charge is 0.497 e. The van der Waals surface area contributed by atoms with Crippen molar-refractivity contribution in [2.24, 2.45) is 0 Å². The van der Waals surface area contributed by atoms with Crippen LogP contribution in [0.5, 0.6) is 5.75 Å². The van der Waals surface area contributed by atoms with E-state index in [4.69, 9.17) is 14.5 Å². The van der Waals surface area contributed by atoms with Crippen molar-refractivity contribution in [1.29, 1.82) is 0 Å². The molecule has 0 fully saturated rings. The number of thioether (sulfide) groups is 1. The summed E-state index contributed by atoms with van der Waals surface area (Å²) in [6.45, 7) is 7.97. The molecule has 150 valence electrons. The minimum Gasteiger partial charge on any atom is -0.497 e. The van der Waals surface area contributed by atoms with Gasteiger partial charge in [0.2, 0.25) is 0 Å². The standard InChI is InChI=1S/C21H26N2O3S2/c1-5-26-11-7-10-23-20(24)18-14(2)15(3)28-19(18)22-21(23)27-13-16-8-6-9-17(12-16)25-4/h6,8-9,12H,5,7,10-11,13H2,1-4H3. The van der Waals surface area contributed by atoms with E-state index >= 15 is 0 Å². The number of hydrogen-bond donors (Lipinski definition) is 0. The molecule has 3 aromatic rings. The number of aromatic nitrogens is 2. The third-order valence-corrected chi connectivity index (χ3v) is 6.78. The van der Waals surface area contributed by atoms with E-state index in [1.807, 2.05) is 43.5 Å². The highest BCUT2D eigenvalue weighted by atomic mass is 32.2. The van der Waals surface area contributed by atoms with E-state index in [0.29, 0.717) is 19.8 Å². The summed E-state index contributed by atoms with van der Waals surface area (Å²) in [7, 11) is 1.67.